The predicted octanol–water partition coefficient (Wildman–Crippen LogP) is 4.65. The van der Waals surface area contributed by atoms with Crippen molar-refractivity contribution in [2.75, 3.05) is 0 Å². The minimum Gasteiger partial charge on any atom is -0.439 e. The summed E-state index contributed by atoms with van der Waals surface area (Å²) < 4.78 is 72.5. The number of pyridine rings is 1. The van der Waals surface area contributed by atoms with Crippen molar-refractivity contribution < 1.29 is 31.8 Å². The van der Waals surface area contributed by atoms with Crippen LogP contribution in [0, 0.1) is 18.3 Å². The summed E-state index contributed by atoms with van der Waals surface area (Å²) in [5.41, 5.74) is -1.97. The van der Waals surface area contributed by atoms with E-state index in [4.69, 9.17) is 10.00 Å². The Kier molecular flexibility index (Phi) is 6.85. The largest absolute Gasteiger partial charge is 0.439 e. The number of nitriles is 1. The van der Waals surface area contributed by atoms with Crippen LogP contribution in [-0.4, -0.2) is 31.9 Å². The Hall–Kier alpha value is -4.09. The summed E-state index contributed by atoms with van der Waals surface area (Å²) in [6.45, 7) is 0.272. The molecular weight excluding hydrogens is 523 g/mol. The highest BCUT2D eigenvalue weighted by molar-refractivity contribution is 7.22. The van der Waals surface area contributed by atoms with E-state index < -0.39 is 47.9 Å². The Morgan fingerprint density at radius 1 is 1.24 bits per heavy atom. The number of halogens is 5. The predicted molar refractivity (Wildman–Crippen MR) is 123 cm³/mol. The Labute approximate surface area is 207 Å². The van der Waals surface area contributed by atoms with Crippen LogP contribution in [0.2, 0.25) is 0 Å². The lowest BCUT2D eigenvalue weighted by Crippen LogP contribution is -2.38. The third-order valence-corrected chi connectivity index (χ3v) is 6.74. The van der Waals surface area contributed by atoms with Crippen molar-refractivity contribution in [1.82, 2.24) is 14.5 Å². The zero-order chi connectivity index (χ0) is 27.1. The molecule has 0 aliphatic rings. The molecule has 0 fully saturated rings. The molecule has 3 aromatic heterocycles. The van der Waals surface area contributed by atoms with Gasteiger partial charge in [-0.3, -0.25) is 14.3 Å². The van der Waals surface area contributed by atoms with E-state index >= 15 is 0 Å². The van der Waals surface area contributed by atoms with Gasteiger partial charge in [0.25, 0.3) is 12.0 Å². The van der Waals surface area contributed by atoms with E-state index in [1.54, 1.807) is 0 Å². The molecule has 14 heteroatoms. The number of nitrogens with zero attached hydrogens (tertiary/aromatic N) is 3. The topological polar surface area (TPSA) is 121 Å². The molecule has 0 spiro atoms. The van der Waals surface area contributed by atoms with Crippen molar-refractivity contribution in [3.63, 3.8) is 0 Å². The first-order valence-electron chi connectivity index (χ1n) is 10.4. The summed E-state index contributed by atoms with van der Waals surface area (Å²) >= 11 is 0.727. The summed E-state index contributed by atoms with van der Waals surface area (Å²) in [5, 5.41) is 18.2. The Morgan fingerprint density at radius 3 is 2.51 bits per heavy atom. The molecule has 4 aromatic rings. The fraction of sp³-hybridized carbons (Fsp3) is 0.217. The van der Waals surface area contributed by atoms with E-state index in [-0.39, 0.29) is 32.0 Å². The number of benzene rings is 1. The van der Waals surface area contributed by atoms with E-state index in [9.17, 15) is 36.6 Å². The van der Waals surface area contributed by atoms with Gasteiger partial charge in [-0.05, 0) is 42.8 Å². The second-order valence-corrected chi connectivity index (χ2v) is 8.82. The van der Waals surface area contributed by atoms with Crippen LogP contribution in [0.3, 0.4) is 0 Å². The SMILES string of the molecule is Cc1c(-c2cnc(Oc3ccc(C#N)cc3)c(C(F)F)c2)sc2c1c(=O)[nH]c(=O)n2C[C@@H](O)C(F)(F)F. The van der Waals surface area contributed by atoms with Crippen molar-refractivity contribution in [3.05, 3.63) is 74.1 Å². The standard InChI is InChI=1S/C23H15F5N4O4S/c1-10-16-19(34)31-22(35)32(9-15(33)23(26,27)28)21(16)37-17(10)12-6-14(18(24)25)20(30-8-12)36-13-4-2-11(7-29)3-5-13/h2-6,8,15,18,33H,9H2,1H3,(H,31,34,35)/t15-/m1/s1. The second kappa shape index (κ2) is 9.75. The van der Waals surface area contributed by atoms with E-state index in [0.29, 0.717) is 10.1 Å². The molecule has 0 amide bonds. The van der Waals surface area contributed by atoms with Gasteiger partial charge in [-0.25, -0.2) is 18.6 Å². The number of rotatable bonds is 6. The number of ether oxygens (including phenoxy) is 1. The molecule has 1 atom stereocenters. The number of fused-ring (bicyclic) bond motifs is 1. The highest BCUT2D eigenvalue weighted by Crippen LogP contribution is 2.40. The molecule has 1 aromatic carbocycles. The first-order valence-corrected chi connectivity index (χ1v) is 11.2. The van der Waals surface area contributed by atoms with E-state index in [1.165, 1.54) is 37.4 Å². The van der Waals surface area contributed by atoms with Crippen molar-refractivity contribution in [2.24, 2.45) is 0 Å². The summed E-state index contributed by atoms with van der Waals surface area (Å²) in [6, 6.07) is 8.64. The monoisotopic (exact) mass is 538 g/mol. The van der Waals surface area contributed by atoms with E-state index in [1.807, 2.05) is 11.1 Å². The number of aromatic nitrogens is 3. The first-order chi connectivity index (χ1) is 17.4. The molecule has 0 unspecified atom stereocenters. The molecule has 8 nitrogen and oxygen atoms in total. The van der Waals surface area contributed by atoms with Crippen molar-refractivity contribution in [1.29, 1.82) is 5.26 Å². The zero-order valence-corrected chi connectivity index (χ0v) is 19.5. The molecule has 0 aliphatic carbocycles. The van der Waals surface area contributed by atoms with Gasteiger partial charge in [-0.1, -0.05) is 0 Å². The number of aromatic amines is 1. The number of aliphatic hydroxyl groups is 1. The zero-order valence-electron chi connectivity index (χ0n) is 18.6. The Morgan fingerprint density at radius 2 is 1.92 bits per heavy atom. The molecule has 0 saturated heterocycles. The molecular formula is C23H15F5N4O4S. The minimum atomic E-state index is -5.02. The molecule has 3 heterocycles. The molecule has 192 valence electrons. The maximum absolute atomic E-state index is 13.9. The summed E-state index contributed by atoms with van der Waals surface area (Å²) in [5.74, 6) is -0.261. The van der Waals surface area contributed by atoms with Gasteiger partial charge < -0.3 is 9.84 Å². The number of thiophene rings is 1. The quantitative estimate of drug-likeness (QED) is 0.345. The van der Waals surface area contributed by atoms with Crippen LogP contribution in [0.15, 0.2) is 46.1 Å². The van der Waals surface area contributed by atoms with Crippen molar-refractivity contribution in [3.8, 4) is 28.1 Å². The lowest BCUT2D eigenvalue weighted by Gasteiger charge is -2.15. The average molecular weight is 538 g/mol. The van der Waals surface area contributed by atoms with Crippen LogP contribution < -0.4 is 16.0 Å². The molecule has 0 aliphatic heterocycles. The minimum absolute atomic E-state index is 0.107. The smallest absolute Gasteiger partial charge is 0.416 e. The first kappa shape index (κ1) is 26.0. The van der Waals surface area contributed by atoms with Gasteiger partial charge in [0, 0.05) is 16.6 Å². The lowest BCUT2D eigenvalue weighted by molar-refractivity contribution is -0.207. The summed E-state index contributed by atoms with van der Waals surface area (Å²) in [6.07, 6.45) is -9.74. The maximum Gasteiger partial charge on any atom is 0.416 e. The van der Waals surface area contributed by atoms with Gasteiger partial charge in [0.05, 0.1) is 29.1 Å². The van der Waals surface area contributed by atoms with Crippen molar-refractivity contribution >= 4 is 21.6 Å². The van der Waals surface area contributed by atoms with Gasteiger partial charge in [-0.2, -0.15) is 18.4 Å². The molecule has 37 heavy (non-hydrogen) atoms. The number of H-pyrrole nitrogens is 1. The van der Waals surface area contributed by atoms with Gasteiger partial charge in [0.15, 0.2) is 6.10 Å². The molecule has 0 bridgehead atoms. The lowest BCUT2D eigenvalue weighted by atomic mass is 10.1. The van der Waals surface area contributed by atoms with Gasteiger partial charge in [-0.15, -0.1) is 11.3 Å². The molecule has 4 rings (SSSR count). The summed E-state index contributed by atoms with van der Waals surface area (Å²) in [4.78, 5) is 30.7. The Bertz CT molecular complexity index is 1640. The van der Waals surface area contributed by atoms with Gasteiger partial charge in [0.1, 0.15) is 10.6 Å². The molecule has 2 N–H and O–H groups in total. The average Bonchev–Trinajstić information content (AvgIpc) is 3.19. The third-order valence-electron chi connectivity index (χ3n) is 5.37. The molecule has 0 saturated carbocycles. The van der Waals surface area contributed by atoms with Crippen LogP contribution in [0.25, 0.3) is 20.7 Å². The third kappa shape index (κ3) is 5.09. The normalized spacial score (nSPS) is 12.6. The van der Waals surface area contributed by atoms with Crippen LogP contribution in [0.5, 0.6) is 11.6 Å². The Balaban J connectivity index is 1.81. The number of hydrogen-bond donors (Lipinski definition) is 2. The van der Waals surface area contributed by atoms with Crippen LogP contribution in [0.1, 0.15) is 23.1 Å². The highest BCUT2D eigenvalue weighted by Gasteiger charge is 2.39. The fourth-order valence-corrected chi connectivity index (χ4v) is 4.83. The number of hydrogen-bond acceptors (Lipinski definition) is 7. The van der Waals surface area contributed by atoms with Gasteiger partial charge >= 0.3 is 11.9 Å². The number of alkyl halides is 5. The van der Waals surface area contributed by atoms with Crippen LogP contribution in [0.4, 0.5) is 22.0 Å². The fourth-order valence-electron chi connectivity index (χ4n) is 3.54. The molecule has 0 radical (unpaired) electrons. The second-order valence-electron chi connectivity index (χ2n) is 7.82. The highest BCUT2D eigenvalue weighted by atomic mass is 32.1. The van der Waals surface area contributed by atoms with Crippen LogP contribution in [-0.2, 0) is 6.54 Å². The van der Waals surface area contributed by atoms with E-state index in [2.05, 4.69) is 4.98 Å². The van der Waals surface area contributed by atoms with Crippen molar-refractivity contribution in [2.45, 2.75) is 32.2 Å². The number of nitrogens with one attached hydrogen (secondary N) is 1. The number of aliphatic hydroxyl groups excluding tert-OH is 1. The maximum atomic E-state index is 13.9. The number of aryl methyl sites for hydroxylation is 1. The van der Waals surface area contributed by atoms with Gasteiger partial charge in [0.2, 0.25) is 5.88 Å². The van der Waals surface area contributed by atoms with E-state index in [0.717, 1.165) is 17.4 Å². The summed E-state index contributed by atoms with van der Waals surface area (Å²) in [7, 11) is 0. The van der Waals surface area contributed by atoms with Crippen LogP contribution >= 0.6 is 11.3 Å².